The van der Waals surface area contributed by atoms with Crippen LogP contribution >= 0.6 is 11.6 Å². The highest BCUT2D eigenvalue weighted by atomic mass is 35.5. The van der Waals surface area contributed by atoms with Crippen LogP contribution in [0.15, 0.2) is 47.6 Å². The molecule has 0 aliphatic carbocycles. The highest BCUT2D eigenvalue weighted by molar-refractivity contribution is 6.35. The molecular formula is C21H23ClN4O5. The lowest BCUT2D eigenvalue weighted by atomic mass is 10.2. The summed E-state index contributed by atoms with van der Waals surface area (Å²) in [6.45, 7) is 2.03. The van der Waals surface area contributed by atoms with Gasteiger partial charge in [-0.05, 0) is 42.3 Å². The molecule has 2 rings (SSSR count). The Balaban J connectivity index is 1.92. The third kappa shape index (κ3) is 7.63. The summed E-state index contributed by atoms with van der Waals surface area (Å²) < 4.78 is 10.8. The Hall–Kier alpha value is -3.59. The first kappa shape index (κ1) is 23.7. The van der Waals surface area contributed by atoms with Gasteiger partial charge in [-0.3, -0.25) is 14.4 Å². The van der Waals surface area contributed by atoms with Gasteiger partial charge in [0.05, 0.1) is 24.0 Å². The second-order valence-electron chi connectivity index (χ2n) is 6.18. The predicted octanol–water partition coefficient (Wildman–Crippen LogP) is 2.34. The van der Waals surface area contributed by atoms with E-state index in [1.165, 1.54) is 13.3 Å². The fourth-order valence-electron chi connectivity index (χ4n) is 2.31. The van der Waals surface area contributed by atoms with Crippen LogP contribution in [-0.2, 0) is 14.4 Å². The van der Waals surface area contributed by atoms with Gasteiger partial charge in [0.25, 0.3) is 5.91 Å². The van der Waals surface area contributed by atoms with Gasteiger partial charge in [-0.25, -0.2) is 5.43 Å². The van der Waals surface area contributed by atoms with Gasteiger partial charge in [0, 0.05) is 6.54 Å². The van der Waals surface area contributed by atoms with Crippen LogP contribution < -0.4 is 25.5 Å². The summed E-state index contributed by atoms with van der Waals surface area (Å²) >= 11 is 6.02. The monoisotopic (exact) mass is 446 g/mol. The second kappa shape index (κ2) is 12.2. The molecule has 0 saturated carbocycles. The van der Waals surface area contributed by atoms with E-state index in [0.717, 1.165) is 6.42 Å². The lowest BCUT2D eigenvalue weighted by molar-refractivity contribution is -0.139. The van der Waals surface area contributed by atoms with E-state index in [0.29, 0.717) is 34.3 Å². The molecule has 0 aliphatic rings. The van der Waals surface area contributed by atoms with E-state index in [4.69, 9.17) is 21.1 Å². The number of carbonyl (C=O) groups is 3. The summed E-state index contributed by atoms with van der Waals surface area (Å²) in [5, 5.41) is 9.28. The minimum Gasteiger partial charge on any atom is -0.493 e. The van der Waals surface area contributed by atoms with Gasteiger partial charge in [-0.2, -0.15) is 5.10 Å². The lowest BCUT2D eigenvalue weighted by Gasteiger charge is -2.12. The van der Waals surface area contributed by atoms with Gasteiger partial charge in [0.1, 0.15) is 0 Å². The quantitative estimate of drug-likeness (QED) is 0.310. The maximum atomic E-state index is 12.1. The van der Waals surface area contributed by atoms with Crippen LogP contribution in [0.3, 0.4) is 0 Å². The van der Waals surface area contributed by atoms with E-state index in [9.17, 15) is 14.4 Å². The Morgan fingerprint density at radius 1 is 1.10 bits per heavy atom. The van der Waals surface area contributed by atoms with Crippen molar-refractivity contribution in [2.75, 3.05) is 25.6 Å². The molecule has 0 saturated heterocycles. The zero-order chi connectivity index (χ0) is 22.6. The first-order valence-corrected chi connectivity index (χ1v) is 9.78. The minimum atomic E-state index is -0.860. The van der Waals surface area contributed by atoms with Crippen molar-refractivity contribution in [3.8, 4) is 11.5 Å². The van der Waals surface area contributed by atoms with Gasteiger partial charge >= 0.3 is 11.8 Å². The number of hydrogen-bond donors (Lipinski definition) is 3. The Kier molecular flexibility index (Phi) is 9.31. The van der Waals surface area contributed by atoms with Crippen LogP contribution in [-0.4, -0.2) is 44.2 Å². The van der Waals surface area contributed by atoms with Crippen molar-refractivity contribution in [2.45, 2.75) is 13.3 Å². The molecule has 0 atom stereocenters. The van der Waals surface area contributed by atoms with E-state index in [2.05, 4.69) is 21.2 Å². The van der Waals surface area contributed by atoms with Gasteiger partial charge in [0.15, 0.2) is 18.1 Å². The highest BCUT2D eigenvalue weighted by Crippen LogP contribution is 2.27. The number of hydrazone groups is 1. The van der Waals surface area contributed by atoms with E-state index in [-0.39, 0.29) is 12.5 Å². The average molecular weight is 447 g/mol. The minimum absolute atomic E-state index is 0.252. The molecule has 0 aliphatic heterocycles. The number of para-hydroxylation sites is 1. The second-order valence-corrected chi connectivity index (χ2v) is 6.59. The average Bonchev–Trinajstić information content (AvgIpc) is 2.77. The number of benzene rings is 2. The Morgan fingerprint density at radius 3 is 2.58 bits per heavy atom. The summed E-state index contributed by atoms with van der Waals surface area (Å²) in [6.07, 6.45) is 2.07. The van der Waals surface area contributed by atoms with Crippen LogP contribution in [0, 0.1) is 0 Å². The van der Waals surface area contributed by atoms with Crippen LogP contribution in [0.5, 0.6) is 11.5 Å². The molecular weight excluding hydrogens is 424 g/mol. The summed E-state index contributed by atoms with van der Waals surface area (Å²) in [5.41, 5.74) is 3.21. The number of amides is 3. The number of nitrogens with one attached hydrogen (secondary N) is 3. The molecule has 2 aromatic carbocycles. The zero-order valence-electron chi connectivity index (χ0n) is 17.1. The summed E-state index contributed by atoms with van der Waals surface area (Å²) in [6, 6.07) is 11.7. The lowest BCUT2D eigenvalue weighted by Crippen LogP contribution is -2.38. The number of carbonyl (C=O) groups excluding carboxylic acids is 3. The van der Waals surface area contributed by atoms with Crippen molar-refractivity contribution in [3.05, 3.63) is 53.1 Å². The molecule has 0 bridgehead atoms. The molecule has 164 valence electrons. The maximum Gasteiger partial charge on any atom is 0.329 e. The van der Waals surface area contributed by atoms with Gasteiger partial charge < -0.3 is 20.1 Å². The molecule has 0 heterocycles. The van der Waals surface area contributed by atoms with Crippen molar-refractivity contribution in [1.82, 2.24) is 10.7 Å². The number of ether oxygens (including phenoxy) is 2. The summed E-state index contributed by atoms with van der Waals surface area (Å²) in [7, 11) is 1.45. The number of nitrogens with zero attached hydrogens (tertiary/aromatic N) is 1. The summed E-state index contributed by atoms with van der Waals surface area (Å²) in [4.78, 5) is 35.2. The molecule has 0 unspecified atom stereocenters. The fraction of sp³-hybridized carbons (Fsp3) is 0.238. The number of hydrogen-bond acceptors (Lipinski definition) is 6. The molecule has 3 N–H and O–H groups in total. The molecule has 10 heteroatoms. The zero-order valence-corrected chi connectivity index (χ0v) is 17.9. The van der Waals surface area contributed by atoms with E-state index in [1.807, 2.05) is 6.92 Å². The predicted molar refractivity (Wildman–Crippen MR) is 118 cm³/mol. The van der Waals surface area contributed by atoms with Crippen molar-refractivity contribution >= 4 is 41.2 Å². The Morgan fingerprint density at radius 2 is 1.87 bits per heavy atom. The fourth-order valence-corrected chi connectivity index (χ4v) is 2.49. The van der Waals surface area contributed by atoms with Crippen LogP contribution in [0.1, 0.15) is 18.9 Å². The maximum absolute atomic E-state index is 12.1. The van der Waals surface area contributed by atoms with E-state index < -0.39 is 11.8 Å². The van der Waals surface area contributed by atoms with Crippen molar-refractivity contribution in [2.24, 2.45) is 5.10 Å². The summed E-state index contributed by atoms with van der Waals surface area (Å²) in [5.74, 6) is -1.29. The number of anilines is 1. The van der Waals surface area contributed by atoms with Crippen molar-refractivity contribution in [3.63, 3.8) is 0 Å². The number of methoxy groups -OCH3 is 1. The van der Waals surface area contributed by atoms with Crippen LogP contribution in [0.25, 0.3) is 0 Å². The Labute approximate surface area is 184 Å². The Bertz CT molecular complexity index is 965. The standard InChI is InChI=1S/C21H23ClN4O5/c1-3-10-23-20(28)21(29)26-24-12-14-8-9-17(18(11-14)30-2)31-13-19(27)25-16-7-5-4-6-15(16)22/h4-9,11-12H,3,10,13H2,1-2H3,(H,23,28)(H,25,27)(H,26,29)/b24-12-. The topological polar surface area (TPSA) is 118 Å². The number of halogens is 1. The number of rotatable bonds is 9. The van der Waals surface area contributed by atoms with E-state index >= 15 is 0 Å². The van der Waals surface area contributed by atoms with Gasteiger partial charge in [0.2, 0.25) is 0 Å². The van der Waals surface area contributed by atoms with Crippen molar-refractivity contribution < 1.29 is 23.9 Å². The highest BCUT2D eigenvalue weighted by Gasteiger charge is 2.12. The van der Waals surface area contributed by atoms with Crippen molar-refractivity contribution in [1.29, 1.82) is 0 Å². The largest absolute Gasteiger partial charge is 0.493 e. The van der Waals surface area contributed by atoms with Crippen LogP contribution in [0.4, 0.5) is 5.69 Å². The normalized spacial score (nSPS) is 10.4. The SMILES string of the molecule is CCCNC(=O)C(=O)N/N=C\c1ccc(OCC(=O)Nc2ccccc2Cl)c(OC)c1. The van der Waals surface area contributed by atoms with Gasteiger partial charge in [-0.1, -0.05) is 30.7 Å². The third-order valence-electron chi connectivity index (χ3n) is 3.82. The first-order chi connectivity index (χ1) is 14.9. The van der Waals surface area contributed by atoms with E-state index in [1.54, 1.807) is 42.5 Å². The van der Waals surface area contributed by atoms with Crippen LogP contribution in [0.2, 0.25) is 5.02 Å². The molecule has 2 aromatic rings. The molecule has 31 heavy (non-hydrogen) atoms. The molecule has 0 radical (unpaired) electrons. The molecule has 0 aromatic heterocycles. The molecule has 0 spiro atoms. The smallest absolute Gasteiger partial charge is 0.329 e. The third-order valence-corrected chi connectivity index (χ3v) is 4.15. The molecule has 0 fully saturated rings. The molecule has 3 amide bonds. The van der Waals surface area contributed by atoms with Gasteiger partial charge in [-0.15, -0.1) is 0 Å². The first-order valence-electron chi connectivity index (χ1n) is 9.41. The molecule has 9 nitrogen and oxygen atoms in total.